The Hall–Kier alpha value is -3.35. The Morgan fingerprint density at radius 2 is 1.68 bits per heavy atom. The van der Waals surface area contributed by atoms with Crippen LogP contribution in [-0.2, 0) is 14.3 Å². The number of benzene rings is 2. The van der Waals surface area contributed by atoms with E-state index < -0.39 is 0 Å². The van der Waals surface area contributed by atoms with Gasteiger partial charge in [-0.05, 0) is 50.1 Å². The number of rotatable bonds is 7. The van der Waals surface area contributed by atoms with E-state index in [1.54, 1.807) is 43.1 Å². The van der Waals surface area contributed by atoms with Crippen LogP contribution in [0.4, 0.5) is 0 Å². The molecule has 1 aliphatic rings. The van der Waals surface area contributed by atoms with Gasteiger partial charge >= 0.3 is 5.97 Å². The Bertz CT molecular complexity index is 907. The number of hydrogen-bond donors (Lipinski definition) is 0. The van der Waals surface area contributed by atoms with Crippen molar-refractivity contribution in [2.45, 2.75) is 19.8 Å². The Morgan fingerprint density at radius 1 is 1.00 bits per heavy atom. The third kappa shape index (κ3) is 6.07. The van der Waals surface area contributed by atoms with Gasteiger partial charge in [0, 0.05) is 25.7 Å². The van der Waals surface area contributed by atoms with E-state index in [4.69, 9.17) is 9.47 Å². The van der Waals surface area contributed by atoms with Crippen LogP contribution in [0.3, 0.4) is 0 Å². The minimum atomic E-state index is -0.256. The van der Waals surface area contributed by atoms with Crippen LogP contribution in [0.1, 0.15) is 30.1 Å². The third-order valence-electron chi connectivity index (χ3n) is 5.25. The van der Waals surface area contributed by atoms with E-state index in [-0.39, 0.29) is 30.2 Å². The van der Waals surface area contributed by atoms with Gasteiger partial charge in [0.15, 0.2) is 0 Å². The van der Waals surface area contributed by atoms with Crippen molar-refractivity contribution < 1.29 is 23.9 Å². The lowest BCUT2D eigenvalue weighted by Crippen LogP contribution is -2.45. The van der Waals surface area contributed by atoms with Crippen molar-refractivity contribution in [1.82, 2.24) is 9.80 Å². The second-order valence-electron chi connectivity index (χ2n) is 7.51. The summed E-state index contributed by atoms with van der Waals surface area (Å²) in [5.74, 6) is 0.498. The van der Waals surface area contributed by atoms with Crippen LogP contribution < -0.4 is 4.74 Å². The highest BCUT2D eigenvalue weighted by atomic mass is 16.5. The van der Waals surface area contributed by atoms with Crippen molar-refractivity contribution in [2.24, 2.45) is 5.92 Å². The summed E-state index contributed by atoms with van der Waals surface area (Å²) in [6.07, 6.45) is 1.17. The fraction of sp³-hybridized carbons (Fsp3) is 0.375. The summed E-state index contributed by atoms with van der Waals surface area (Å²) in [4.78, 5) is 40.4. The van der Waals surface area contributed by atoms with E-state index in [9.17, 15) is 14.4 Å². The molecule has 164 valence electrons. The lowest BCUT2D eigenvalue weighted by molar-refractivity contribution is -0.151. The summed E-state index contributed by atoms with van der Waals surface area (Å²) in [5.41, 5.74) is 0.449. The van der Waals surface area contributed by atoms with E-state index in [2.05, 4.69) is 0 Å². The van der Waals surface area contributed by atoms with E-state index in [1.165, 1.54) is 4.90 Å². The number of para-hydroxylation sites is 1. The topological polar surface area (TPSA) is 76.2 Å². The van der Waals surface area contributed by atoms with Crippen molar-refractivity contribution >= 4 is 17.8 Å². The highest BCUT2D eigenvalue weighted by molar-refractivity contribution is 5.96. The van der Waals surface area contributed by atoms with E-state index in [0.717, 1.165) is 0 Å². The number of likely N-dealkylation sites (tertiary alicyclic amines) is 1. The molecule has 0 radical (unpaired) electrons. The molecule has 0 bridgehead atoms. The summed E-state index contributed by atoms with van der Waals surface area (Å²) in [5, 5.41) is 0. The second kappa shape index (κ2) is 10.6. The van der Waals surface area contributed by atoms with Gasteiger partial charge in [-0.1, -0.05) is 24.3 Å². The number of likely N-dealkylation sites (N-methyl/N-ethyl adjacent to an activating group) is 1. The molecule has 0 aromatic heterocycles. The van der Waals surface area contributed by atoms with Gasteiger partial charge in [0.1, 0.15) is 11.5 Å². The van der Waals surface area contributed by atoms with Gasteiger partial charge in [-0.3, -0.25) is 14.4 Å². The van der Waals surface area contributed by atoms with Crippen molar-refractivity contribution in [3.8, 4) is 11.5 Å². The zero-order valence-electron chi connectivity index (χ0n) is 18.0. The molecular weight excluding hydrogens is 396 g/mol. The molecule has 1 heterocycles. The van der Waals surface area contributed by atoms with Crippen LogP contribution >= 0.6 is 0 Å². The summed E-state index contributed by atoms with van der Waals surface area (Å²) in [7, 11) is 1.61. The number of amides is 2. The largest absolute Gasteiger partial charge is 0.466 e. The molecule has 2 aromatic carbocycles. The van der Waals surface area contributed by atoms with Crippen molar-refractivity contribution in [2.75, 3.05) is 33.3 Å². The fourth-order valence-electron chi connectivity index (χ4n) is 3.54. The van der Waals surface area contributed by atoms with E-state index in [0.29, 0.717) is 49.6 Å². The summed E-state index contributed by atoms with van der Waals surface area (Å²) in [6.45, 7) is 3.11. The summed E-state index contributed by atoms with van der Waals surface area (Å²) < 4.78 is 10.9. The normalized spacial score (nSPS) is 14.1. The number of esters is 1. The zero-order valence-corrected chi connectivity index (χ0v) is 18.0. The average molecular weight is 424 g/mol. The van der Waals surface area contributed by atoms with Crippen LogP contribution in [0.2, 0.25) is 0 Å². The molecule has 7 nitrogen and oxygen atoms in total. The molecule has 1 aliphatic heterocycles. The van der Waals surface area contributed by atoms with Crippen molar-refractivity contribution in [3.05, 3.63) is 60.2 Å². The quantitative estimate of drug-likeness (QED) is 0.637. The zero-order chi connectivity index (χ0) is 22.2. The maximum absolute atomic E-state index is 12.8. The highest BCUT2D eigenvalue weighted by Gasteiger charge is 2.29. The highest BCUT2D eigenvalue weighted by Crippen LogP contribution is 2.23. The SMILES string of the molecule is CCOC(=O)C1CCN(C(=O)CN(C)C(=O)c2cccc(Oc3ccccc3)c2)CC1. The van der Waals surface area contributed by atoms with Gasteiger partial charge in [-0.15, -0.1) is 0 Å². The Balaban J connectivity index is 1.54. The van der Waals surface area contributed by atoms with E-state index in [1.807, 2.05) is 30.3 Å². The fourth-order valence-corrected chi connectivity index (χ4v) is 3.54. The lowest BCUT2D eigenvalue weighted by Gasteiger charge is -2.32. The monoisotopic (exact) mass is 424 g/mol. The molecule has 7 heteroatoms. The molecule has 1 saturated heterocycles. The van der Waals surface area contributed by atoms with Crippen LogP contribution in [0.5, 0.6) is 11.5 Å². The average Bonchev–Trinajstić information content (AvgIpc) is 2.79. The first-order chi connectivity index (χ1) is 15.0. The third-order valence-corrected chi connectivity index (χ3v) is 5.25. The molecular formula is C24H28N2O5. The first-order valence-electron chi connectivity index (χ1n) is 10.5. The van der Waals surface area contributed by atoms with Crippen LogP contribution in [0.25, 0.3) is 0 Å². The van der Waals surface area contributed by atoms with Crippen LogP contribution in [0.15, 0.2) is 54.6 Å². The van der Waals surface area contributed by atoms with E-state index >= 15 is 0 Å². The number of carbonyl (C=O) groups is 3. The predicted molar refractivity (Wildman–Crippen MR) is 116 cm³/mol. The molecule has 0 N–H and O–H groups in total. The first kappa shape index (κ1) is 22.3. The van der Waals surface area contributed by atoms with Gasteiger partial charge in [0.05, 0.1) is 19.1 Å². The summed E-state index contributed by atoms with van der Waals surface area (Å²) in [6, 6.07) is 16.2. The maximum Gasteiger partial charge on any atom is 0.309 e. The number of hydrogen-bond acceptors (Lipinski definition) is 5. The van der Waals surface area contributed by atoms with Crippen LogP contribution in [0, 0.1) is 5.92 Å². The van der Waals surface area contributed by atoms with Gasteiger partial charge in [0.2, 0.25) is 5.91 Å². The molecule has 3 rings (SSSR count). The Labute approximate surface area is 182 Å². The maximum atomic E-state index is 12.8. The lowest BCUT2D eigenvalue weighted by atomic mass is 9.97. The minimum absolute atomic E-state index is 0.0212. The predicted octanol–water partition coefficient (Wildman–Crippen LogP) is 3.35. The van der Waals surface area contributed by atoms with Gasteiger partial charge < -0.3 is 19.3 Å². The van der Waals surface area contributed by atoms with Gasteiger partial charge in [0.25, 0.3) is 5.91 Å². The standard InChI is InChI=1S/C24H28N2O5/c1-3-30-24(29)18-12-14-26(15-13-18)22(27)17-25(2)23(28)19-8-7-11-21(16-19)31-20-9-5-4-6-10-20/h4-11,16,18H,3,12-15,17H2,1-2H3. The second-order valence-corrected chi connectivity index (χ2v) is 7.51. The number of nitrogens with zero attached hydrogens (tertiary/aromatic N) is 2. The molecule has 0 aliphatic carbocycles. The van der Waals surface area contributed by atoms with Crippen molar-refractivity contribution in [1.29, 1.82) is 0 Å². The van der Waals surface area contributed by atoms with Gasteiger partial charge in [-0.25, -0.2) is 0 Å². The summed E-state index contributed by atoms with van der Waals surface area (Å²) >= 11 is 0. The first-order valence-corrected chi connectivity index (χ1v) is 10.5. The Morgan fingerprint density at radius 3 is 2.35 bits per heavy atom. The molecule has 31 heavy (non-hydrogen) atoms. The number of piperidine rings is 1. The molecule has 2 amide bonds. The molecule has 0 spiro atoms. The molecule has 0 atom stereocenters. The Kier molecular flexibility index (Phi) is 7.65. The van der Waals surface area contributed by atoms with Gasteiger partial charge in [-0.2, -0.15) is 0 Å². The molecule has 1 fully saturated rings. The van der Waals surface area contributed by atoms with Crippen LogP contribution in [-0.4, -0.2) is 60.9 Å². The minimum Gasteiger partial charge on any atom is -0.466 e. The number of ether oxygens (including phenoxy) is 2. The smallest absolute Gasteiger partial charge is 0.309 e. The molecule has 2 aromatic rings. The number of carbonyl (C=O) groups excluding carboxylic acids is 3. The van der Waals surface area contributed by atoms with Crippen molar-refractivity contribution in [3.63, 3.8) is 0 Å². The molecule has 0 saturated carbocycles. The molecule has 0 unspecified atom stereocenters.